The number of carbonyl (C=O) groups is 1. The van der Waals surface area contributed by atoms with Gasteiger partial charge in [-0.2, -0.15) is 5.26 Å². The molecule has 0 atom stereocenters. The second-order valence-corrected chi connectivity index (χ2v) is 6.37. The number of benzene rings is 2. The number of nitrogens with zero attached hydrogens (tertiary/aromatic N) is 2. The molecule has 1 aliphatic rings. The number of likely N-dealkylation sites (tertiary alicyclic amines) is 1. The lowest BCUT2D eigenvalue weighted by molar-refractivity contribution is 0.0713. The topological polar surface area (TPSA) is 70.1 Å². The summed E-state index contributed by atoms with van der Waals surface area (Å²) < 4.78 is 0. The molecule has 0 aromatic heterocycles. The van der Waals surface area contributed by atoms with Gasteiger partial charge in [-0.15, -0.1) is 0 Å². The third-order valence-electron chi connectivity index (χ3n) is 4.82. The molecule has 2 aromatic carbocycles. The Balaban J connectivity index is 0.00000117. The van der Waals surface area contributed by atoms with Gasteiger partial charge in [0.05, 0.1) is 11.6 Å². The van der Waals surface area contributed by atoms with Crippen molar-refractivity contribution in [1.82, 2.24) is 4.90 Å². The third-order valence-corrected chi connectivity index (χ3v) is 4.82. The zero-order valence-corrected chi connectivity index (χ0v) is 15.8. The highest BCUT2D eigenvalue weighted by Gasteiger charge is 2.24. The molecular formula is C22H27N3O. The zero-order valence-electron chi connectivity index (χ0n) is 15.8. The lowest BCUT2D eigenvalue weighted by Gasteiger charge is -2.32. The van der Waals surface area contributed by atoms with Gasteiger partial charge in [0.2, 0.25) is 0 Å². The maximum atomic E-state index is 12.6. The van der Waals surface area contributed by atoms with Crippen molar-refractivity contribution in [1.29, 1.82) is 5.26 Å². The molecule has 136 valence electrons. The first-order chi connectivity index (χ1) is 12.6. The van der Waals surface area contributed by atoms with Crippen LogP contribution in [-0.2, 0) is 0 Å². The van der Waals surface area contributed by atoms with Gasteiger partial charge in [0, 0.05) is 24.3 Å². The number of hydrogen-bond donors (Lipinski definition) is 1. The average Bonchev–Trinajstić information content (AvgIpc) is 2.71. The van der Waals surface area contributed by atoms with Gasteiger partial charge in [-0.3, -0.25) is 4.79 Å². The molecule has 1 heterocycles. The fourth-order valence-corrected chi connectivity index (χ4v) is 3.20. The quantitative estimate of drug-likeness (QED) is 0.812. The maximum absolute atomic E-state index is 12.6. The number of aryl methyl sites for hydroxylation is 1. The molecule has 0 radical (unpaired) electrons. The van der Waals surface area contributed by atoms with E-state index in [-0.39, 0.29) is 5.91 Å². The first-order valence-electron chi connectivity index (χ1n) is 9.24. The monoisotopic (exact) mass is 349 g/mol. The van der Waals surface area contributed by atoms with Crippen LogP contribution in [0.5, 0.6) is 0 Å². The number of hydrogen-bond acceptors (Lipinski definition) is 3. The number of amides is 1. The van der Waals surface area contributed by atoms with Crippen molar-refractivity contribution < 1.29 is 4.79 Å². The second-order valence-electron chi connectivity index (χ2n) is 6.37. The fourth-order valence-electron chi connectivity index (χ4n) is 3.20. The van der Waals surface area contributed by atoms with Crippen LogP contribution < -0.4 is 5.73 Å². The average molecular weight is 349 g/mol. The van der Waals surface area contributed by atoms with Crippen molar-refractivity contribution in [3.05, 3.63) is 64.7 Å². The Morgan fingerprint density at radius 2 is 1.73 bits per heavy atom. The lowest BCUT2D eigenvalue weighted by atomic mass is 9.89. The van der Waals surface area contributed by atoms with Crippen LogP contribution in [0, 0.1) is 18.3 Å². The van der Waals surface area contributed by atoms with Crippen molar-refractivity contribution in [3.8, 4) is 6.07 Å². The van der Waals surface area contributed by atoms with Crippen molar-refractivity contribution in [2.45, 2.75) is 39.5 Å². The van der Waals surface area contributed by atoms with Crippen LogP contribution in [0.2, 0.25) is 0 Å². The van der Waals surface area contributed by atoms with Crippen LogP contribution in [-0.4, -0.2) is 23.9 Å². The van der Waals surface area contributed by atoms with E-state index in [9.17, 15) is 4.79 Å². The predicted octanol–water partition coefficient (Wildman–Crippen LogP) is 4.49. The highest BCUT2D eigenvalue weighted by Crippen LogP contribution is 2.29. The molecule has 2 aromatic rings. The van der Waals surface area contributed by atoms with E-state index in [1.807, 2.05) is 62.1 Å². The van der Waals surface area contributed by atoms with E-state index in [0.29, 0.717) is 22.7 Å². The largest absolute Gasteiger partial charge is 0.398 e. The molecule has 26 heavy (non-hydrogen) atoms. The van der Waals surface area contributed by atoms with E-state index < -0.39 is 0 Å². The molecule has 0 bridgehead atoms. The molecule has 0 aliphatic carbocycles. The molecule has 4 heteroatoms. The van der Waals surface area contributed by atoms with E-state index in [1.54, 1.807) is 6.07 Å². The molecule has 2 N–H and O–H groups in total. The number of nitrogen functional groups attached to an aromatic ring is 1. The van der Waals surface area contributed by atoms with E-state index in [1.165, 1.54) is 5.56 Å². The van der Waals surface area contributed by atoms with Gasteiger partial charge in [-0.05, 0) is 61.1 Å². The van der Waals surface area contributed by atoms with Gasteiger partial charge in [-0.1, -0.05) is 32.0 Å². The summed E-state index contributed by atoms with van der Waals surface area (Å²) in [6.45, 7) is 7.43. The zero-order chi connectivity index (χ0) is 19.1. The summed E-state index contributed by atoms with van der Waals surface area (Å²) in [5.74, 6) is 0.504. The van der Waals surface area contributed by atoms with Crippen LogP contribution in [0.3, 0.4) is 0 Å². The molecule has 0 unspecified atom stereocenters. The summed E-state index contributed by atoms with van der Waals surface area (Å²) in [6, 6.07) is 15.4. The van der Waals surface area contributed by atoms with Crippen molar-refractivity contribution in [2.24, 2.45) is 0 Å². The van der Waals surface area contributed by atoms with Gasteiger partial charge in [0.1, 0.15) is 0 Å². The van der Waals surface area contributed by atoms with Gasteiger partial charge in [-0.25, -0.2) is 0 Å². The number of carbonyl (C=O) groups excluding carboxylic acids is 1. The Morgan fingerprint density at radius 1 is 1.12 bits per heavy atom. The minimum absolute atomic E-state index is 0.0555. The van der Waals surface area contributed by atoms with Gasteiger partial charge in [0.15, 0.2) is 0 Å². The van der Waals surface area contributed by atoms with Crippen LogP contribution in [0.4, 0.5) is 5.69 Å². The van der Waals surface area contributed by atoms with E-state index in [2.05, 4.69) is 6.07 Å². The SMILES string of the molecule is CC.Cc1ccc(C(=O)N2CCC(c3ccc(C#N)cc3)CC2)cc1N. The molecule has 4 nitrogen and oxygen atoms in total. The highest BCUT2D eigenvalue weighted by atomic mass is 16.2. The summed E-state index contributed by atoms with van der Waals surface area (Å²) in [4.78, 5) is 14.5. The third kappa shape index (κ3) is 4.43. The van der Waals surface area contributed by atoms with E-state index in [0.717, 1.165) is 31.5 Å². The molecule has 0 saturated carbocycles. The lowest BCUT2D eigenvalue weighted by Crippen LogP contribution is -2.37. The van der Waals surface area contributed by atoms with Crippen molar-refractivity contribution in [3.63, 3.8) is 0 Å². The molecular weight excluding hydrogens is 322 g/mol. The number of nitrogens with two attached hydrogens (primary N) is 1. The number of piperidine rings is 1. The van der Waals surface area contributed by atoms with Gasteiger partial charge in [0.25, 0.3) is 5.91 Å². The standard InChI is InChI=1S/C20H21N3O.C2H6/c1-14-2-5-18(12-19(14)22)20(24)23-10-8-17(9-11-23)16-6-3-15(13-21)4-7-16;1-2/h2-7,12,17H,8-11,22H2,1H3;1-2H3. The second kappa shape index (κ2) is 9.05. The maximum Gasteiger partial charge on any atom is 0.253 e. The summed E-state index contributed by atoms with van der Waals surface area (Å²) in [6.07, 6.45) is 1.89. The minimum Gasteiger partial charge on any atom is -0.398 e. The number of rotatable bonds is 2. The van der Waals surface area contributed by atoms with Crippen LogP contribution in [0.15, 0.2) is 42.5 Å². The minimum atomic E-state index is 0.0555. The van der Waals surface area contributed by atoms with E-state index >= 15 is 0 Å². The Bertz CT molecular complexity index is 782. The predicted molar refractivity (Wildman–Crippen MR) is 106 cm³/mol. The van der Waals surface area contributed by atoms with E-state index in [4.69, 9.17) is 11.0 Å². The molecule has 1 aliphatic heterocycles. The Morgan fingerprint density at radius 3 is 2.27 bits per heavy atom. The Kier molecular flexibility index (Phi) is 6.80. The van der Waals surface area contributed by atoms with Crippen LogP contribution in [0.1, 0.15) is 59.7 Å². The Labute approximate surface area is 156 Å². The first kappa shape index (κ1) is 19.5. The molecule has 0 spiro atoms. The van der Waals surface area contributed by atoms with Crippen molar-refractivity contribution in [2.75, 3.05) is 18.8 Å². The number of anilines is 1. The normalized spacial score (nSPS) is 14.2. The molecule has 1 fully saturated rings. The molecule has 1 saturated heterocycles. The van der Waals surface area contributed by atoms with Crippen LogP contribution in [0.25, 0.3) is 0 Å². The highest BCUT2D eigenvalue weighted by molar-refractivity contribution is 5.95. The molecule has 1 amide bonds. The van der Waals surface area contributed by atoms with Crippen molar-refractivity contribution >= 4 is 11.6 Å². The number of nitriles is 1. The van der Waals surface area contributed by atoms with Gasteiger partial charge < -0.3 is 10.6 Å². The van der Waals surface area contributed by atoms with Gasteiger partial charge >= 0.3 is 0 Å². The Hall–Kier alpha value is -2.80. The van der Waals surface area contributed by atoms with Crippen LogP contribution >= 0.6 is 0 Å². The molecule has 3 rings (SSSR count). The summed E-state index contributed by atoms with van der Waals surface area (Å²) in [5.41, 5.74) is 10.2. The smallest absolute Gasteiger partial charge is 0.253 e. The summed E-state index contributed by atoms with van der Waals surface area (Å²) in [5, 5.41) is 8.88. The fraction of sp³-hybridized carbons (Fsp3) is 0.364. The summed E-state index contributed by atoms with van der Waals surface area (Å²) in [7, 11) is 0. The first-order valence-corrected chi connectivity index (χ1v) is 9.24. The summed E-state index contributed by atoms with van der Waals surface area (Å²) >= 11 is 0.